The number of hydrogen-bond acceptors (Lipinski definition) is 6. The zero-order chi connectivity index (χ0) is 20.1. The molecule has 1 N–H and O–H groups in total. The summed E-state index contributed by atoms with van der Waals surface area (Å²) in [6, 6.07) is 14.5. The van der Waals surface area contributed by atoms with E-state index in [4.69, 9.17) is 14.0 Å². The quantitative estimate of drug-likeness (QED) is 0.635. The lowest BCUT2D eigenvalue weighted by molar-refractivity contribution is 0.102. The highest BCUT2D eigenvalue weighted by molar-refractivity contribution is 6.06. The maximum atomic E-state index is 12.7. The van der Waals surface area contributed by atoms with E-state index in [2.05, 4.69) is 15.5 Å². The van der Waals surface area contributed by atoms with Crippen LogP contribution in [0.3, 0.4) is 0 Å². The molecule has 1 heterocycles. The van der Waals surface area contributed by atoms with Crippen LogP contribution >= 0.6 is 0 Å². The lowest BCUT2D eigenvalue weighted by atomic mass is 10.2. The fourth-order valence-electron chi connectivity index (χ4n) is 3.34. The molecule has 1 saturated carbocycles. The number of para-hydroxylation sites is 1. The molecule has 29 heavy (non-hydrogen) atoms. The summed E-state index contributed by atoms with van der Waals surface area (Å²) in [5, 5.41) is 6.69. The number of hydrogen-bond donors (Lipinski definition) is 1. The predicted octanol–water partition coefficient (Wildman–Crippen LogP) is 4.53. The molecule has 2 aromatic carbocycles. The topological polar surface area (TPSA) is 86.5 Å². The average molecular weight is 393 g/mol. The number of carbonyl (C=O) groups excluding carboxylic acids is 1. The van der Waals surface area contributed by atoms with Crippen molar-refractivity contribution in [2.75, 3.05) is 5.32 Å². The van der Waals surface area contributed by atoms with E-state index in [1.54, 1.807) is 25.1 Å². The Morgan fingerprint density at radius 3 is 2.62 bits per heavy atom. The van der Waals surface area contributed by atoms with Gasteiger partial charge in [0.2, 0.25) is 11.7 Å². The molecule has 1 fully saturated rings. The van der Waals surface area contributed by atoms with Crippen molar-refractivity contribution in [1.82, 2.24) is 10.1 Å². The van der Waals surface area contributed by atoms with Crippen LogP contribution < -0.4 is 14.8 Å². The highest BCUT2D eigenvalue weighted by Gasteiger charge is 2.17. The number of nitrogens with one attached hydrogen (secondary N) is 1. The van der Waals surface area contributed by atoms with Gasteiger partial charge in [-0.3, -0.25) is 4.79 Å². The predicted molar refractivity (Wildman–Crippen MR) is 107 cm³/mol. The first-order chi connectivity index (χ1) is 14.2. The second kappa shape index (κ2) is 8.77. The molecule has 0 unspecified atom stereocenters. The molecule has 1 aliphatic rings. The number of benzene rings is 2. The highest BCUT2D eigenvalue weighted by atomic mass is 16.5. The third kappa shape index (κ3) is 4.93. The van der Waals surface area contributed by atoms with Gasteiger partial charge in [0.1, 0.15) is 11.5 Å². The Hall–Kier alpha value is -3.35. The average Bonchev–Trinajstić information content (AvgIpc) is 3.40. The van der Waals surface area contributed by atoms with Gasteiger partial charge in [0.15, 0.2) is 6.61 Å². The van der Waals surface area contributed by atoms with Crippen LogP contribution in [0.4, 0.5) is 5.69 Å². The van der Waals surface area contributed by atoms with Gasteiger partial charge in [0.25, 0.3) is 5.91 Å². The van der Waals surface area contributed by atoms with Gasteiger partial charge in [-0.1, -0.05) is 17.3 Å². The van der Waals surface area contributed by atoms with E-state index in [1.807, 2.05) is 30.3 Å². The van der Waals surface area contributed by atoms with Crippen molar-refractivity contribution >= 4 is 11.6 Å². The third-order valence-corrected chi connectivity index (χ3v) is 4.78. The SMILES string of the molecule is Cc1nc(COc2ccccc2C(=O)Nc2ccc(OC3CCCC3)cc2)no1. The van der Waals surface area contributed by atoms with Gasteiger partial charge in [-0.15, -0.1) is 0 Å². The van der Waals surface area contributed by atoms with Gasteiger partial charge >= 0.3 is 0 Å². The van der Waals surface area contributed by atoms with Crippen molar-refractivity contribution in [2.45, 2.75) is 45.3 Å². The van der Waals surface area contributed by atoms with Crippen LogP contribution in [0.15, 0.2) is 53.1 Å². The van der Waals surface area contributed by atoms with Crippen LogP contribution in [0.1, 0.15) is 47.8 Å². The molecule has 3 aromatic rings. The lowest BCUT2D eigenvalue weighted by Gasteiger charge is -2.14. The number of nitrogens with zero attached hydrogens (tertiary/aromatic N) is 2. The van der Waals surface area contributed by atoms with Gasteiger partial charge in [0.05, 0.1) is 11.7 Å². The molecular formula is C22H23N3O4. The lowest BCUT2D eigenvalue weighted by Crippen LogP contribution is -2.14. The number of carbonyl (C=O) groups is 1. The zero-order valence-electron chi connectivity index (χ0n) is 16.3. The molecule has 4 rings (SSSR count). The van der Waals surface area contributed by atoms with Crippen molar-refractivity contribution in [3.05, 3.63) is 65.8 Å². The Labute approximate surface area is 169 Å². The number of ether oxygens (including phenoxy) is 2. The Morgan fingerprint density at radius 2 is 1.90 bits per heavy atom. The van der Waals surface area contributed by atoms with E-state index in [-0.39, 0.29) is 12.5 Å². The van der Waals surface area contributed by atoms with Crippen LogP contribution in [0.2, 0.25) is 0 Å². The molecule has 150 valence electrons. The molecule has 0 saturated heterocycles. The smallest absolute Gasteiger partial charge is 0.259 e. The van der Waals surface area contributed by atoms with Crippen molar-refractivity contribution in [3.8, 4) is 11.5 Å². The Morgan fingerprint density at radius 1 is 1.14 bits per heavy atom. The van der Waals surface area contributed by atoms with E-state index in [0.717, 1.165) is 18.6 Å². The standard InChI is InChI=1S/C22H23N3O4/c1-15-23-21(25-29-15)14-27-20-9-5-4-8-19(20)22(26)24-16-10-12-18(13-11-16)28-17-6-2-3-7-17/h4-5,8-13,17H,2-3,6-7,14H2,1H3,(H,24,26). The zero-order valence-corrected chi connectivity index (χ0v) is 16.3. The van der Waals surface area contributed by atoms with Crippen LogP contribution in [0.5, 0.6) is 11.5 Å². The van der Waals surface area contributed by atoms with Crippen molar-refractivity contribution in [3.63, 3.8) is 0 Å². The van der Waals surface area contributed by atoms with Crippen LogP contribution in [0.25, 0.3) is 0 Å². The van der Waals surface area contributed by atoms with Gasteiger partial charge in [-0.2, -0.15) is 4.98 Å². The summed E-state index contributed by atoms with van der Waals surface area (Å²) in [7, 11) is 0. The number of aromatic nitrogens is 2. The fourth-order valence-corrected chi connectivity index (χ4v) is 3.34. The van der Waals surface area contributed by atoms with Gasteiger partial charge in [0, 0.05) is 12.6 Å². The monoisotopic (exact) mass is 393 g/mol. The Balaban J connectivity index is 1.39. The summed E-state index contributed by atoms with van der Waals surface area (Å²) < 4.78 is 16.6. The molecule has 1 aliphatic carbocycles. The number of rotatable bonds is 7. The first-order valence-electron chi connectivity index (χ1n) is 9.76. The van der Waals surface area contributed by atoms with Crippen molar-refractivity contribution in [1.29, 1.82) is 0 Å². The molecule has 7 heteroatoms. The summed E-state index contributed by atoms with van der Waals surface area (Å²) in [6.07, 6.45) is 4.99. The summed E-state index contributed by atoms with van der Waals surface area (Å²) in [5.74, 6) is 1.92. The summed E-state index contributed by atoms with van der Waals surface area (Å²) in [6.45, 7) is 1.83. The van der Waals surface area contributed by atoms with E-state index in [9.17, 15) is 4.79 Å². The van der Waals surface area contributed by atoms with E-state index < -0.39 is 0 Å². The molecule has 0 bridgehead atoms. The van der Waals surface area contributed by atoms with Gasteiger partial charge < -0.3 is 19.3 Å². The maximum absolute atomic E-state index is 12.7. The second-order valence-electron chi connectivity index (χ2n) is 7.02. The second-order valence-corrected chi connectivity index (χ2v) is 7.02. The minimum absolute atomic E-state index is 0.120. The molecule has 1 amide bonds. The molecule has 0 spiro atoms. The van der Waals surface area contributed by atoms with Crippen LogP contribution in [-0.4, -0.2) is 22.2 Å². The molecule has 0 radical (unpaired) electrons. The number of amides is 1. The minimum Gasteiger partial charge on any atom is -0.490 e. The van der Waals surface area contributed by atoms with Crippen LogP contribution in [-0.2, 0) is 6.61 Å². The number of aryl methyl sites for hydroxylation is 1. The van der Waals surface area contributed by atoms with E-state index in [1.165, 1.54) is 12.8 Å². The number of anilines is 1. The summed E-state index contributed by atoms with van der Waals surface area (Å²) in [5.41, 5.74) is 1.12. The van der Waals surface area contributed by atoms with Gasteiger partial charge in [-0.05, 0) is 62.1 Å². The molecule has 1 aromatic heterocycles. The summed E-state index contributed by atoms with van der Waals surface area (Å²) >= 11 is 0. The van der Waals surface area contributed by atoms with E-state index in [0.29, 0.717) is 34.8 Å². The summed E-state index contributed by atoms with van der Waals surface area (Å²) in [4.78, 5) is 16.8. The van der Waals surface area contributed by atoms with Crippen LogP contribution in [0, 0.1) is 6.92 Å². The Bertz CT molecular complexity index is 962. The Kier molecular flexibility index (Phi) is 5.74. The molecule has 0 atom stereocenters. The largest absolute Gasteiger partial charge is 0.490 e. The molecule has 0 aliphatic heterocycles. The first-order valence-corrected chi connectivity index (χ1v) is 9.76. The molecular weight excluding hydrogens is 370 g/mol. The van der Waals surface area contributed by atoms with Crippen molar-refractivity contribution < 1.29 is 18.8 Å². The first kappa shape index (κ1) is 19.0. The maximum Gasteiger partial charge on any atom is 0.259 e. The van der Waals surface area contributed by atoms with E-state index >= 15 is 0 Å². The van der Waals surface area contributed by atoms with Gasteiger partial charge in [-0.25, -0.2) is 0 Å². The third-order valence-electron chi connectivity index (χ3n) is 4.78. The minimum atomic E-state index is -0.255. The molecule has 7 nitrogen and oxygen atoms in total. The fraction of sp³-hybridized carbons (Fsp3) is 0.318. The highest BCUT2D eigenvalue weighted by Crippen LogP contribution is 2.26. The van der Waals surface area contributed by atoms with Crippen molar-refractivity contribution in [2.24, 2.45) is 0 Å². The normalized spacial score (nSPS) is 14.0.